The molecule has 1 aromatic rings. The summed E-state index contributed by atoms with van der Waals surface area (Å²) in [6.45, 7) is 17.7. The normalized spacial score (nSPS) is 8.47. The molecule has 0 N–H and O–H groups in total. The lowest BCUT2D eigenvalue weighted by Crippen LogP contribution is -1.71. The second kappa shape index (κ2) is 14.8. The minimum absolute atomic E-state index is 1.17. The van der Waals surface area contributed by atoms with Crippen molar-refractivity contribution in [3.63, 3.8) is 0 Å². The van der Waals surface area contributed by atoms with Crippen molar-refractivity contribution in [1.82, 2.24) is 0 Å². The van der Waals surface area contributed by atoms with E-state index in [4.69, 9.17) is 0 Å². The Hall–Kier alpha value is -1.30. The largest absolute Gasteiger partial charge is 0.100 e. The summed E-state index contributed by atoms with van der Waals surface area (Å²) in [7, 11) is 0. The molecule has 0 fully saturated rings. The van der Waals surface area contributed by atoms with E-state index in [0.29, 0.717) is 0 Å². The standard InChI is InChI=1S/C9H10.C6H14.C4H8/c1-3-9-6-4-8(2)5-7-9;1-3-5-6-4-2;1-4(2)3/h3-7H,1H2,2H3;3-6H2,1-2H3;1H2,2-3H3. The Kier molecular flexibility index (Phi) is 15.6. The number of hydrogen-bond donors (Lipinski definition) is 0. The number of hydrogen-bond acceptors (Lipinski definition) is 0. The van der Waals surface area contributed by atoms with Crippen LogP contribution in [-0.4, -0.2) is 0 Å². The lowest BCUT2D eigenvalue weighted by molar-refractivity contribution is 0.702. The molecule has 0 aliphatic heterocycles. The molecule has 0 aromatic heterocycles. The van der Waals surface area contributed by atoms with Crippen LogP contribution in [-0.2, 0) is 0 Å². The second-order valence-electron chi connectivity index (χ2n) is 5.03. The number of benzene rings is 1. The van der Waals surface area contributed by atoms with Gasteiger partial charge in [-0.15, -0.1) is 6.58 Å². The first-order valence-electron chi connectivity index (χ1n) is 7.29. The zero-order chi connectivity index (χ0) is 15.1. The fraction of sp³-hybridized carbons (Fsp3) is 0.474. The van der Waals surface area contributed by atoms with E-state index in [9.17, 15) is 0 Å². The molecule has 0 radical (unpaired) electrons. The molecule has 0 heterocycles. The second-order valence-corrected chi connectivity index (χ2v) is 5.03. The van der Waals surface area contributed by atoms with Crippen LogP contribution in [0.2, 0.25) is 0 Å². The minimum atomic E-state index is 1.17. The maximum Gasteiger partial charge on any atom is -0.0262 e. The van der Waals surface area contributed by atoms with Gasteiger partial charge in [0.2, 0.25) is 0 Å². The first-order chi connectivity index (χ1) is 8.97. The Bertz CT molecular complexity index is 308. The molecule has 0 spiro atoms. The van der Waals surface area contributed by atoms with Crippen molar-refractivity contribution in [2.75, 3.05) is 0 Å². The predicted octanol–water partition coefficient (Wildman–Crippen LogP) is 6.81. The Balaban J connectivity index is 0. The molecule has 0 saturated heterocycles. The van der Waals surface area contributed by atoms with Crippen LogP contribution < -0.4 is 0 Å². The molecule has 0 unspecified atom stereocenters. The maximum atomic E-state index is 3.66. The van der Waals surface area contributed by atoms with Crippen molar-refractivity contribution in [2.45, 2.75) is 60.3 Å². The van der Waals surface area contributed by atoms with Gasteiger partial charge in [-0.25, -0.2) is 0 Å². The summed E-state index contributed by atoms with van der Waals surface area (Å²) in [5, 5.41) is 0. The summed E-state index contributed by atoms with van der Waals surface area (Å²) in [5.41, 5.74) is 3.64. The molecule has 0 bridgehead atoms. The average Bonchev–Trinajstić information content (AvgIpc) is 2.37. The van der Waals surface area contributed by atoms with E-state index >= 15 is 0 Å². The third kappa shape index (κ3) is 19.2. The zero-order valence-corrected chi connectivity index (χ0v) is 13.6. The maximum absolute atomic E-state index is 3.66. The summed E-state index contributed by atoms with van der Waals surface area (Å²) in [6, 6.07) is 8.28. The zero-order valence-electron chi connectivity index (χ0n) is 13.6. The van der Waals surface area contributed by atoms with Crippen molar-refractivity contribution >= 4 is 6.08 Å². The van der Waals surface area contributed by atoms with Gasteiger partial charge in [-0.3, -0.25) is 0 Å². The summed E-state index contributed by atoms with van der Waals surface area (Å²) in [5.74, 6) is 0. The highest BCUT2D eigenvalue weighted by Gasteiger charge is 1.82. The first-order valence-corrected chi connectivity index (χ1v) is 7.29. The number of rotatable bonds is 4. The van der Waals surface area contributed by atoms with Crippen LogP contribution in [0.4, 0.5) is 0 Å². The van der Waals surface area contributed by atoms with Crippen LogP contribution in [0.3, 0.4) is 0 Å². The molecule has 108 valence electrons. The van der Waals surface area contributed by atoms with E-state index in [1.807, 2.05) is 19.9 Å². The molecule has 1 aromatic carbocycles. The fourth-order valence-corrected chi connectivity index (χ4v) is 1.20. The fourth-order valence-electron chi connectivity index (χ4n) is 1.20. The summed E-state index contributed by atoms with van der Waals surface area (Å²) < 4.78 is 0. The van der Waals surface area contributed by atoms with Crippen molar-refractivity contribution in [2.24, 2.45) is 0 Å². The topological polar surface area (TPSA) is 0 Å². The van der Waals surface area contributed by atoms with Crippen molar-refractivity contribution in [1.29, 1.82) is 0 Å². The number of unbranched alkanes of at least 4 members (excludes halogenated alkanes) is 3. The van der Waals surface area contributed by atoms with Crippen molar-refractivity contribution in [3.8, 4) is 0 Å². The molecule has 0 amide bonds. The summed E-state index contributed by atoms with van der Waals surface area (Å²) >= 11 is 0. The monoisotopic (exact) mass is 260 g/mol. The van der Waals surface area contributed by atoms with Crippen molar-refractivity contribution < 1.29 is 0 Å². The summed E-state index contributed by atoms with van der Waals surface area (Å²) in [6.07, 6.45) is 7.38. The van der Waals surface area contributed by atoms with Crippen LogP contribution in [0.15, 0.2) is 43.0 Å². The molecule has 0 nitrogen and oxygen atoms in total. The molecular weight excluding hydrogens is 228 g/mol. The van der Waals surface area contributed by atoms with Gasteiger partial charge in [0.25, 0.3) is 0 Å². The van der Waals surface area contributed by atoms with Gasteiger partial charge in [0.1, 0.15) is 0 Å². The lowest BCUT2D eigenvalue weighted by atomic mass is 10.2. The third-order valence-electron chi connectivity index (χ3n) is 2.27. The molecule has 0 aliphatic rings. The van der Waals surface area contributed by atoms with Gasteiger partial charge in [-0.1, -0.05) is 87.6 Å². The Morgan fingerprint density at radius 3 is 1.63 bits per heavy atom. The van der Waals surface area contributed by atoms with Gasteiger partial charge in [-0.2, -0.15) is 0 Å². The van der Waals surface area contributed by atoms with Gasteiger partial charge in [-0.05, 0) is 26.3 Å². The van der Waals surface area contributed by atoms with Gasteiger partial charge >= 0.3 is 0 Å². The van der Waals surface area contributed by atoms with E-state index in [0.717, 1.165) is 0 Å². The van der Waals surface area contributed by atoms with Gasteiger partial charge in [0.05, 0.1) is 0 Å². The van der Waals surface area contributed by atoms with Crippen LogP contribution in [0.25, 0.3) is 6.08 Å². The number of aryl methyl sites for hydroxylation is 1. The Labute approximate surface area is 121 Å². The molecule has 0 saturated carbocycles. The highest BCUT2D eigenvalue weighted by Crippen LogP contribution is 2.02. The third-order valence-corrected chi connectivity index (χ3v) is 2.27. The molecule has 0 aliphatic carbocycles. The first kappa shape index (κ1) is 20.0. The molecule has 1 rings (SSSR count). The van der Waals surface area contributed by atoms with Crippen LogP contribution in [0.1, 0.15) is 64.5 Å². The Morgan fingerprint density at radius 2 is 1.37 bits per heavy atom. The number of allylic oxidation sites excluding steroid dienone is 1. The van der Waals surface area contributed by atoms with Gasteiger partial charge in [0, 0.05) is 0 Å². The summed E-state index contributed by atoms with van der Waals surface area (Å²) in [4.78, 5) is 0. The van der Waals surface area contributed by atoms with E-state index in [-0.39, 0.29) is 0 Å². The van der Waals surface area contributed by atoms with E-state index in [2.05, 4.69) is 58.2 Å². The van der Waals surface area contributed by atoms with Crippen molar-refractivity contribution in [3.05, 3.63) is 54.1 Å². The molecular formula is C19H32. The van der Waals surface area contributed by atoms with E-state index in [1.54, 1.807) is 0 Å². The van der Waals surface area contributed by atoms with Gasteiger partial charge < -0.3 is 0 Å². The predicted molar refractivity (Wildman–Crippen MR) is 91.6 cm³/mol. The lowest BCUT2D eigenvalue weighted by Gasteiger charge is -1.91. The SMILES string of the molecule is C=C(C)C.C=Cc1ccc(C)cc1.CCCCCC. The van der Waals surface area contributed by atoms with Crippen LogP contribution >= 0.6 is 0 Å². The smallest absolute Gasteiger partial charge is 0.0262 e. The minimum Gasteiger partial charge on any atom is -0.100 e. The van der Waals surface area contributed by atoms with Crippen LogP contribution in [0.5, 0.6) is 0 Å². The molecule has 0 heteroatoms. The highest BCUT2D eigenvalue weighted by atomic mass is 13.9. The average molecular weight is 260 g/mol. The van der Waals surface area contributed by atoms with Gasteiger partial charge in [0.15, 0.2) is 0 Å². The Morgan fingerprint density at radius 1 is 1.00 bits per heavy atom. The van der Waals surface area contributed by atoms with E-state index in [1.165, 1.54) is 42.4 Å². The quantitative estimate of drug-likeness (QED) is 0.412. The van der Waals surface area contributed by atoms with Crippen LogP contribution in [0, 0.1) is 6.92 Å². The molecule has 19 heavy (non-hydrogen) atoms. The van der Waals surface area contributed by atoms with E-state index < -0.39 is 0 Å². The molecule has 0 atom stereocenters. The highest BCUT2D eigenvalue weighted by molar-refractivity contribution is 5.46.